The van der Waals surface area contributed by atoms with Crippen LogP contribution in [0.2, 0.25) is 0 Å². The molecule has 0 aliphatic carbocycles. The molecule has 0 bridgehead atoms. The predicted molar refractivity (Wildman–Crippen MR) is 96.5 cm³/mol. The van der Waals surface area contributed by atoms with Gasteiger partial charge in [0.1, 0.15) is 5.60 Å². The smallest absolute Gasteiger partial charge is 0.410 e. The lowest BCUT2D eigenvalue weighted by molar-refractivity contribution is -0.110. The molecular weight excluding hydrogens is 340 g/mol. The number of likely N-dealkylation sites (tertiary alicyclic amines) is 2. The van der Waals surface area contributed by atoms with Gasteiger partial charge in [0.2, 0.25) is 0 Å². The van der Waals surface area contributed by atoms with Crippen molar-refractivity contribution in [2.24, 2.45) is 5.41 Å². The van der Waals surface area contributed by atoms with E-state index in [-0.39, 0.29) is 18.1 Å². The SMILES string of the molecule is CC(C)(C)OC(=O)N1CCC2(CC1)CCN([C@@H]1CCNCC1(F)F)CC2. The number of nitrogens with one attached hydrogen (secondary N) is 1. The van der Waals surface area contributed by atoms with E-state index in [9.17, 15) is 13.6 Å². The molecular formula is C19H33F2N3O2. The van der Waals surface area contributed by atoms with Gasteiger partial charge in [-0.25, -0.2) is 13.6 Å². The van der Waals surface area contributed by atoms with Crippen LogP contribution in [0.15, 0.2) is 0 Å². The molecule has 1 spiro atoms. The molecule has 1 N–H and O–H groups in total. The topological polar surface area (TPSA) is 44.8 Å². The van der Waals surface area contributed by atoms with E-state index in [1.54, 1.807) is 4.90 Å². The van der Waals surface area contributed by atoms with Crippen LogP contribution in [0.1, 0.15) is 52.9 Å². The molecule has 0 unspecified atom stereocenters. The molecule has 0 saturated carbocycles. The summed E-state index contributed by atoms with van der Waals surface area (Å²) in [7, 11) is 0. The molecule has 0 radical (unpaired) electrons. The van der Waals surface area contributed by atoms with Crippen molar-refractivity contribution in [1.82, 2.24) is 15.1 Å². The van der Waals surface area contributed by atoms with Gasteiger partial charge in [-0.1, -0.05) is 0 Å². The van der Waals surface area contributed by atoms with Crippen molar-refractivity contribution in [3.63, 3.8) is 0 Å². The van der Waals surface area contributed by atoms with E-state index in [0.29, 0.717) is 26.1 Å². The molecule has 3 aliphatic rings. The number of hydrogen-bond donors (Lipinski definition) is 1. The van der Waals surface area contributed by atoms with Crippen molar-refractivity contribution in [3.05, 3.63) is 0 Å². The molecule has 150 valence electrons. The summed E-state index contributed by atoms with van der Waals surface area (Å²) in [5.74, 6) is -2.64. The van der Waals surface area contributed by atoms with Crippen molar-refractivity contribution in [2.75, 3.05) is 39.3 Å². The minimum Gasteiger partial charge on any atom is -0.444 e. The van der Waals surface area contributed by atoms with E-state index in [0.717, 1.165) is 38.8 Å². The standard InChI is InChI=1S/C19H33F2N3O2/c1-17(2,3)26-16(25)24-12-7-18(8-13-24)5-10-23(11-6-18)15-4-9-22-14-19(15,20)21/h15,22H,4-14H2,1-3H3/t15-/m1/s1. The number of alkyl halides is 2. The maximum absolute atomic E-state index is 14.2. The summed E-state index contributed by atoms with van der Waals surface area (Å²) in [6.45, 7) is 9.00. The number of amides is 1. The Balaban J connectivity index is 1.50. The summed E-state index contributed by atoms with van der Waals surface area (Å²) in [5.41, 5.74) is -0.269. The summed E-state index contributed by atoms with van der Waals surface area (Å²) in [6, 6.07) is -0.622. The second kappa shape index (κ2) is 7.23. The van der Waals surface area contributed by atoms with Gasteiger partial charge < -0.3 is 15.0 Å². The highest BCUT2D eigenvalue weighted by Gasteiger charge is 2.47. The maximum atomic E-state index is 14.2. The third-order valence-electron chi connectivity index (χ3n) is 6.22. The second-order valence-electron chi connectivity index (χ2n) is 9.25. The van der Waals surface area contributed by atoms with Crippen LogP contribution in [0.4, 0.5) is 13.6 Å². The molecule has 7 heteroatoms. The molecule has 0 aromatic carbocycles. The number of piperidine rings is 3. The third kappa shape index (κ3) is 4.47. The third-order valence-corrected chi connectivity index (χ3v) is 6.22. The van der Waals surface area contributed by atoms with E-state index in [1.807, 2.05) is 25.7 Å². The Kier molecular flexibility index (Phi) is 5.50. The van der Waals surface area contributed by atoms with E-state index < -0.39 is 17.6 Å². The molecule has 5 nitrogen and oxygen atoms in total. The van der Waals surface area contributed by atoms with E-state index in [1.165, 1.54) is 0 Å². The average Bonchev–Trinajstić information content (AvgIpc) is 2.55. The summed E-state index contributed by atoms with van der Waals surface area (Å²) < 4.78 is 33.9. The Hall–Kier alpha value is -0.950. The van der Waals surface area contributed by atoms with Crippen molar-refractivity contribution >= 4 is 6.09 Å². The molecule has 26 heavy (non-hydrogen) atoms. The van der Waals surface area contributed by atoms with Crippen molar-refractivity contribution < 1.29 is 18.3 Å². The number of rotatable bonds is 1. The zero-order valence-corrected chi connectivity index (χ0v) is 16.3. The van der Waals surface area contributed by atoms with Gasteiger partial charge in [0, 0.05) is 13.1 Å². The number of ether oxygens (including phenoxy) is 1. The Labute approximate surface area is 155 Å². The Bertz CT molecular complexity index is 503. The van der Waals surface area contributed by atoms with Crippen molar-refractivity contribution in [1.29, 1.82) is 0 Å². The zero-order valence-electron chi connectivity index (χ0n) is 16.3. The summed E-state index contributed by atoms with van der Waals surface area (Å²) >= 11 is 0. The first-order chi connectivity index (χ1) is 12.1. The predicted octanol–water partition coefficient (Wildman–Crippen LogP) is 3.10. The number of nitrogens with zero attached hydrogens (tertiary/aromatic N) is 2. The highest BCUT2D eigenvalue weighted by molar-refractivity contribution is 5.68. The lowest BCUT2D eigenvalue weighted by Gasteiger charge is -2.50. The van der Waals surface area contributed by atoms with Crippen LogP contribution in [-0.2, 0) is 4.74 Å². The molecule has 0 aromatic heterocycles. The molecule has 3 fully saturated rings. The highest BCUT2D eigenvalue weighted by Crippen LogP contribution is 2.43. The monoisotopic (exact) mass is 373 g/mol. The minimum atomic E-state index is -2.64. The van der Waals surface area contributed by atoms with Crippen LogP contribution in [0.5, 0.6) is 0 Å². The van der Waals surface area contributed by atoms with Gasteiger partial charge in [0.15, 0.2) is 0 Å². The average molecular weight is 373 g/mol. The highest BCUT2D eigenvalue weighted by atomic mass is 19.3. The van der Waals surface area contributed by atoms with Gasteiger partial charge in [0.25, 0.3) is 5.92 Å². The lowest BCUT2D eigenvalue weighted by Crippen LogP contribution is -2.60. The molecule has 0 aromatic rings. The molecule has 3 rings (SSSR count). The van der Waals surface area contributed by atoms with Gasteiger partial charge >= 0.3 is 6.09 Å². The zero-order chi connectivity index (χ0) is 19.0. The summed E-state index contributed by atoms with van der Waals surface area (Å²) in [5, 5.41) is 2.81. The van der Waals surface area contributed by atoms with Crippen molar-refractivity contribution in [2.45, 2.75) is 70.4 Å². The first-order valence-electron chi connectivity index (χ1n) is 9.91. The van der Waals surface area contributed by atoms with Crippen LogP contribution >= 0.6 is 0 Å². The van der Waals surface area contributed by atoms with Gasteiger partial charge in [-0.2, -0.15) is 0 Å². The summed E-state index contributed by atoms with van der Waals surface area (Å²) in [6.07, 6.45) is 4.08. The molecule has 3 saturated heterocycles. The Morgan fingerprint density at radius 2 is 1.65 bits per heavy atom. The summed E-state index contributed by atoms with van der Waals surface area (Å²) in [4.78, 5) is 16.0. The quantitative estimate of drug-likeness (QED) is 0.767. The fourth-order valence-corrected chi connectivity index (χ4v) is 4.57. The van der Waals surface area contributed by atoms with E-state index >= 15 is 0 Å². The number of carbonyl (C=O) groups is 1. The van der Waals surface area contributed by atoms with Gasteiger partial charge in [-0.05, 0) is 77.9 Å². The molecule has 3 aliphatic heterocycles. The van der Waals surface area contributed by atoms with Crippen LogP contribution in [0, 0.1) is 5.41 Å². The van der Waals surface area contributed by atoms with Crippen molar-refractivity contribution in [3.8, 4) is 0 Å². The molecule has 1 amide bonds. The van der Waals surface area contributed by atoms with Crippen LogP contribution < -0.4 is 5.32 Å². The van der Waals surface area contributed by atoms with Gasteiger partial charge in [0.05, 0.1) is 12.6 Å². The van der Waals surface area contributed by atoms with Gasteiger partial charge in [-0.3, -0.25) is 4.90 Å². The number of hydrogen-bond acceptors (Lipinski definition) is 4. The first-order valence-corrected chi connectivity index (χ1v) is 9.91. The van der Waals surface area contributed by atoms with Crippen LogP contribution in [-0.4, -0.2) is 72.7 Å². The largest absolute Gasteiger partial charge is 0.444 e. The Morgan fingerprint density at radius 1 is 1.08 bits per heavy atom. The fraction of sp³-hybridized carbons (Fsp3) is 0.947. The number of carbonyl (C=O) groups excluding carboxylic acids is 1. The van der Waals surface area contributed by atoms with Crippen LogP contribution in [0.25, 0.3) is 0 Å². The van der Waals surface area contributed by atoms with E-state index in [2.05, 4.69) is 5.32 Å². The normalized spacial score (nSPS) is 29.6. The molecule has 1 atom stereocenters. The Morgan fingerprint density at radius 3 is 2.19 bits per heavy atom. The lowest BCUT2D eigenvalue weighted by atomic mass is 9.71. The maximum Gasteiger partial charge on any atom is 0.410 e. The fourth-order valence-electron chi connectivity index (χ4n) is 4.57. The van der Waals surface area contributed by atoms with Gasteiger partial charge in [-0.15, -0.1) is 0 Å². The minimum absolute atomic E-state index is 0.204. The van der Waals surface area contributed by atoms with E-state index in [4.69, 9.17) is 4.74 Å². The molecule has 3 heterocycles. The number of halogens is 2. The van der Waals surface area contributed by atoms with Crippen LogP contribution in [0.3, 0.4) is 0 Å². The second-order valence-corrected chi connectivity index (χ2v) is 9.25. The first kappa shape index (κ1) is 19.8.